The lowest BCUT2D eigenvalue weighted by Gasteiger charge is -2.13. The first-order valence-electron chi connectivity index (χ1n) is 48.5. The molecular formula is C129H119N5O2. The molecule has 0 fully saturated rings. The number of hydrogen-bond donors (Lipinski definition) is 0. The number of aromatic nitrogens is 5. The van der Waals surface area contributed by atoms with E-state index in [1.807, 2.05) is 30.3 Å². The van der Waals surface area contributed by atoms with Gasteiger partial charge in [-0.3, -0.25) is 0 Å². The lowest BCUT2D eigenvalue weighted by atomic mass is 9.97. The van der Waals surface area contributed by atoms with Crippen molar-refractivity contribution in [1.29, 1.82) is 0 Å². The Morgan fingerprint density at radius 3 is 0.956 bits per heavy atom. The molecule has 25 aromatic rings. The highest BCUT2D eigenvalue weighted by atomic mass is 16.3. The fourth-order valence-electron chi connectivity index (χ4n) is 19.9. The number of nitrogens with zero attached hydrogens (tertiary/aromatic N) is 5. The van der Waals surface area contributed by atoms with E-state index in [1.165, 1.54) is 187 Å². The van der Waals surface area contributed by atoms with Gasteiger partial charge < -0.3 is 31.7 Å². The maximum atomic E-state index is 5.84. The highest BCUT2D eigenvalue weighted by Gasteiger charge is 2.22. The van der Waals surface area contributed by atoms with Crippen molar-refractivity contribution in [2.24, 2.45) is 0 Å². The Hall–Kier alpha value is -15.4. The van der Waals surface area contributed by atoms with Crippen molar-refractivity contribution in [3.05, 3.63) is 458 Å². The van der Waals surface area contributed by atoms with Crippen LogP contribution in [0.15, 0.2) is 433 Å². The van der Waals surface area contributed by atoms with Gasteiger partial charge in [-0.05, 0) is 222 Å². The number of benzene rings is 18. The first kappa shape index (κ1) is 89.8. The molecule has 7 heterocycles. The molecule has 0 aliphatic rings. The summed E-state index contributed by atoms with van der Waals surface area (Å²) in [6, 6.07) is 151. The molecule has 7 heteroatoms. The highest BCUT2D eigenvalue weighted by Crippen LogP contribution is 2.43. The second-order valence-corrected chi connectivity index (χ2v) is 37.9. The van der Waals surface area contributed by atoms with Crippen LogP contribution in [-0.2, 0) is 0 Å². The van der Waals surface area contributed by atoms with E-state index in [0.717, 1.165) is 22.3 Å². The zero-order valence-corrected chi connectivity index (χ0v) is 80.5. The van der Waals surface area contributed by atoms with Crippen LogP contribution in [0.25, 0.3) is 176 Å². The predicted molar refractivity (Wildman–Crippen MR) is 585 cm³/mol. The second kappa shape index (κ2) is 39.4. The van der Waals surface area contributed by atoms with Gasteiger partial charge in [0.2, 0.25) is 0 Å². The van der Waals surface area contributed by atoms with Gasteiger partial charge >= 0.3 is 0 Å². The maximum absolute atomic E-state index is 5.84. The molecule has 0 aliphatic heterocycles. The second-order valence-electron chi connectivity index (χ2n) is 37.9. The Bertz CT molecular complexity index is 8390. The molecule has 7 nitrogen and oxygen atoms in total. The molecule has 0 unspecified atom stereocenters. The molecular weight excluding hydrogens is 1650 g/mol. The molecule has 672 valence electrons. The maximum Gasteiger partial charge on any atom is 0.135 e. The molecule has 7 aromatic heterocycles. The van der Waals surface area contributed by atoms with Crippen LogP contribution in [0, 0.1) is 0 Å². The molecule has 0 amide bonds. The number of fused-ring (bicyclic) bond motifs is 21. The van der Waals surface area contributed by atoms with Crippen LogP contribution in [0.1, 0.15) is 172 Å². The Morgan fingerprint density at radius 1 is 0.169 bits per heavy atom. The van der Waals surface area contributed by atoms with Gasteiger partial charge in [0.1, 0.15) is 22.3 Å². The third-order valence-electron chi connectivity index (χ3n) is 26.8. The summed E-state index contributed by atoms with van der Waals surface area (Å²) in [6.07, 6.45) is 0. The van der Waals surface area contributed by atoms with Gasteiger partial charge in [-0.1, -0.05) is 368 Å². The van der Waals surface area contributed by atoms with Gasteiger partial charge in [-0.2, -0.15) is 0 Å². The summed E-state index contributed by atoms with van der Waals surface area (Å²) >= 11 is 0. The standard InChI is InChI=1S/4C21H19N.C15H15N.2C15H14O/c1-15(2)17-12-8-13-19-18-11-6-7-14-20(18)22(21(17)19)16-9-4-3-5-10-16;1-15(2)17-12-8-14-20-21(17)18-11-6-7-13-19(18)22(20)16-9-4-3-5-10-16;1-15(2)16-12-13-21-19(14-16)18-10-6-7-11-20(18)22(21)17-8-4-3-5-9-17;1-15(2)16-12-13-19-18-10-6-7-11-20(18)22(21(19)14-16)17-8-4-3-5-9-17;1-11(2)16-14-9-5-3-7-12(14)13-8-4-6-10-15(13)16;1-10(2)11-7-8-15-13(9-11)12-5-3-4-6-14(12)16-15;1-10(2)11-7-8-13-12-5-3-4-6-14(12)16-15(13)9-11/h4*3-15H,1-2H3;3-11H,1-2H3;2*3-10H,1-2H3. The number of furan rings is 2. The Kier molecular flexibility index (Phi) is 26.0. The summed E-state index contributed by atoms with van der Waals surface area (Å²) in [5.41, 5.74) is 30.0. The normalized spacial score (nSPS) is 11.6. The molecule has 25 rings (SSSR count). The van der Waals surface area contributed by atoms with E-state index in [0.29, 0.717) is 41.5 Å². The SMILES string of the molecule is CC(C)c1ccc2c(c1)c1ccccc1n2-c1ccccc1.CC(C)c1ccc2c(c1)oc1ccccc12.CC(C)c1ccc2c3ccccc3n(-c3ccccc3)c2c1.CC(C)c1ccc2oc3ccccc3c2c1.CC(C)c1cccc2c1c1ccccc1n2-c1ccccc1.CC(C)c1cccc2c3ccccc3n(-c3ccccc3)c12.CC(C)n1c2ccccc2c2ccccc21. The van der Waals surface area contributed by atoms with Crippen molar-refractivity contribution in [2.75, 3.05) is 0 Å². The lowest BCUT2D eigenvalue weighted by molar-refractivity contribution is 0.642. The van der Waals surface area contributed by atoms with Crippen LogP contribution in [-0.4, -0.2) is 22.8 Å². The van der Waals surface area contributed by atoms with Crippen molar-refractivity contribution in [3.63, 3.8) is 0 Å². The van der Waals surface area contributed by atoms with Crippen LogP contribution in [0.3, 0.4) is 0 Å². The van der Waals surface area contributed by atoms with Crippen LogP contribution >= 0.6 is 0 Å². The fourth-order valence-corrected chi connectivity index (χ4v) is 19.9. The van der Waals surface area contributed by atoms with Crippen LogP contribution < -0.4 is 0 Å². The monoisotopic (exact) mass is 1770 g/mol. The predicted octanol–water partition coefficient (Wildman–Crippen LogP) is 37.4. The van der Waals surface area contributed by atoms with E-state index in [4.69, 9.17) is 8.83 Å². The third-order valence-corrected chi connectivity index (χ3v) is 26.8. The van der Waals surface area contributed by atoms with Crippen molar-refractivity contribution in [1.82, 2.24) is 22.8 Å². The fraction of sp³-hybridized carbons (Fsp3) is 0.163. The van der Waals surface area contributed by atoms with E-state index in [2.05, 4.69) is 514 Å². The molecule has 0 bridgehead atoms. The average molecular weight is 1770 g/mol. The average Bonchev–Trinajstić information content (AvgIpc) is 1.66. The van der Waals surface area contributed by atoms with Gasteiger partial charge in [-0.25, -0.2) is 0 Å². The smallest absolute Gasteiger partial charge is 0.135 e. The van der Waals surface area contributed by atoms with Crippen molar-refractivity contribution in [3.8, 4) is 22.7 Å². The summed E-state index contributed by atoms with van der Waals surface area (Å²) in [4.78, 5) is 0. The summed E-state index contributed by atoms with van der Waals surface area (Å²) in [5, 5.41) is 18.2. The largest absolute Gasteiger partial charge is 0.456 e. The van der Waals surface area contributed by atoms with Crippen LogP contribution in [0.4, 0.5) is 0 Å². The summed E-state index contributed by atoms with van der Waals surface area (Å²) in [5.74, 6) is 3.18. The first-order chi connectivity index (χ1) is 66.3. The first-order valence-corrected chi connectivity index (χ1v) is 48.5. The molecule has 0 spiro atoms. The van der Waals surface area contributed by atoms with E-state index in [9.17, 15) is 0 Å². The Morgan fingerprint density at radius 2 is 0.463 bits per heavy atom. The van der Waals surface area contributed by atoms with Gasteiger partial charge in [0.25, 0.3) is 0 Å². The summed E-state index contributed by atoms with van der Waals surface area (Å²) in [7, 11) is 0. The molecule has 0 N–H and O–H groups in total. The van der Waals surface area contributed by atoms with E-state index >= 15 is 0 Å². The van der Waals surface area contributed by atoms with Crippen LogP contribution in [0.2, 0.25) is 0 Å². The Labute approximate surface area is 798 Å². The van der Waals surface area contributed by atoms with Crippen molar-refractivity contribution in [2.45, 2.75) is 138 Å². The summed E-state index contributed by atoms with van der Waals surface area (Å²) < 4.78 is 23.5. The van der Waals surface area contributed by atoms with Crippen molar-refractivity contribution < 1.29 is 8.83 Å². The molecule has 0 radical (unpaired) electrons. The molecule has 0 saturated carbocycles. The lowest BCUT2D eigenvalue weighted by Crippen LogP contribution is -1.99. The van der Waals surface area contributed by atoms with Gasteiger partial charge in [0.05, 0.1) is 44.1 Å². The number of rotatable bonds is 11. The molecule has 0 aliphatic carbocycles. The molecule has 136 heavy (non-hydrogen) atoms. The number of para-hydroxylation sites is 13. The number of hydrogen-bond acceptors (Lipinski definition) is 2. The molecule has 0 saturated heterocycles. The van der Waals surface area contributed by atoms with Gasteiger partial charge in [0, 0.05) is 115 Å². The minimum absolute atomic E-state index is 0.491. The highest BCUT2D eigenvalue weighted by molar-refractivity contribution is 6.15. The topological polar surface area (TPSA) is 50.9 Å². The van der Waals surface area contributed by atoms with Gasteiger partial charge in [-0.15, -0.1) is 0 Å². The van der Waals surface area contributed by atoms with Gasteiger partial charge in [0.15, 0.2) is 0 Å². The van der Waals surface area contributed by atoms with E-state index in [1.54, 1.807) is 0 Å². The molecule has 18 aromatic carbocycles. The quantitative estimate of drug-likeness (QED) is 0.130. The Balaban J connectivity index is 0.000000102. The van der Waals surface area contributed by atoms with Crippen molar-refractivity contribution >= 4 is 153 Å². The zero-order valence-electron chi connectivity index (χ0n) is 80.5. The molecule has 0 atom stereocenters. The summed E-state index contributed by atoms with van der Waals surface area (Å²) in [6.45, 7) is 31.3. The third kappa shape index (κ3) is 17.7. The van der Waals surface area contributed by atoms with E-state index < -0.39 is 0 Å². The van der Waals surface area contributed by atoms with Crippen LogP contribution in [0.5, 0.6) is 0 Å². The minimum atomic E-state index is 0.491. The minimum Gasteiger partial charge on any atom is -0.456 e. The zero-order chi connectivity index (χ0) is 93.8. The van der Waals surface area contributed by atoms with E-state index in [-0.39, 0.29) is 0 Å².